The molecular weight excluding hydrogens is 917 g/mol. The molecule has 0 saturated carbocycles. The van der Waals surface area contributed by atoms with Crippen LogP contribution in [0.3, 0.4) is 0 Å². The Kier molecular flexibility index (Phi) is 10.2. The SMILES string of the molecule is c1ccc(N(c2ccccc2)c2ccc3c(ccc4c(-c5cc6ccccc6c6ccccc56)c5c(ccc6cc(N(c7ccccc7)c7ccccc7)ccc65)c(-c5cc6ccccc6c6ccccc56)c43)c2)cc1. The summed E-state index contributed by atoms with van der Waals surface area (Å²) in [5.41, 5.74) is 11.6. The van der Waals surface area contributed by atoms with Crippen LogP contribution in [0.4, 0.5) is 34.1 Å². The summed E-state index contributed by atoms with van der Waals surface area (Å²) in [5, 5.41) is 19.6. The standard InChI is InChI=1S/C74H48N2/c1-5-23-53(24-6-1)75(54-25-7-2-8-26-54)57-39-43-61-51(45-57)37-41-67-71(61)73(69-47-49-21-13-15-31-59(49)63-33-17-19-35-65(63)69)68-42-38-52-46-58(76(55-27-9-3-10-28-55)56-29-11-4-12-30-56)40-44-62(52)72(68)74(67)70-48-50-22-14-16-32-60(50)64-34-18-20-36-66(64)70/h1-48H. The van der Waals surface area contributed by atoms with Gasteiger partial charge in [0.15, 0.2) is 0 Å². The van der Waals surface area contributed by atoms with Gasteiger partial charge in [-0.3, -0.25) is 0 Å². The summed E-state index contributed by atoms with van der Waals surface area (Å²) in [7, 11) is 0. The lowest BCUT2D eigenvalue weighted by Crippen LogP contribution is -2.09. The van der Waals surface area contributed by atoms with Crippen LogP contribution >= 0.6 is 0 Å². The zero-order valence-corrected chi connectivity index (χ0v) is 41.6. The number of rotatable bonds is 8. The van der Waals surface area contributed by atoms with Crippen molar-refractivity contribution in [2.45, 2.75) is 0 Å². The molecule has 0 atom stereocenters. The minimum atomic E-state index is 1.10. The number of nitrogens with zero attached hydrogens (tertiary/aromatic N) is 2. The van der Waals surface area contributed by atoms with Gasteiger partial charge in [0.05, 0.1) is 0 Å². The van der Waals surface area contributed by atoms with Crippen LogP contribution < -0.4 is 9.80 Å². The number of hydrogen-bond acceptors (Lipinski definition) is 2. The third-order valence-corrected chi connectivity index (χ3v) is 15.7. The van der Waals surface area contributed by atoms with Crippen LogP contribution in [0.1, 0.15) is 0 Å². The average Bonchev–Trinajstić information content (AvgIpc) is 3.54. The molecule has 2 heteroatoms. The van der Waals surface area contributed by atoms with Gasteiger partial charge in [-0.05, 0) is 193 Å². The zero-order valence-electron chi connectivity index (χ0n) is 41.6. The monoisotopic (exact) mass is 964 g/mol. The van der Waals surface area contributed by atoms with Crippen LogP contribution in [0.2, 0.25) is 0 Å². The highest BCUT2D eigenvalue weighted by Gasteiger charge is 2.25. The van der Waals surface area contributed by atoms with E-state index in [0.717, 1.165) is 34.1 Å². The maximum atomic E-state index is 2.46. The third kappa shape index (κ3) is 7.03. The van der Waals surface area contributed by atoms with Crippen molar-refractivity contribution in [1.82, 2.24) is 0 Å². The number of fused-ring (bicyclic) bond motifs is 12. The van der Waals surface area contributed by atoms with Crippen molar-refractivity contribution in [3.63, 3.8) is 0 Å². The van der Waals surface area contributed by atoms with Gasteiger partial charge >= 0.3 is 0 Å². The molecular formula is C74H48N2. The van der Waals surface area contributed by atoms with Gasteiger partial charge in [0.25, 0.3) is 0 Å². The number of benzene rings is 15. The van der Waals surface area contributed by atoms with Crippen molar-refractivity contribution in [2.24, 2.45) is 0 Å². The molecule has 0 aliphatic rings. The fourth-order valence-electron chi connectivity index (χ4n) is 12.4. The first kappa shape index (κ1) is 43.6. The van der Waals surface area contributed by atoms with Crippen molar-refractivity contribution in [2.75, 3.05) is 9.80 Å². The van der Waals surface area contributed by atoms with E-state index in [4.69, 9.17) is 0 Å². The van der Waals surface area contributed by atoms with Crippen LogP contribution in [-0.4, -0.2) is 0 Å². The Morgan fingerprint density at radius 2 is 0.461 bits per heavy atom. The van der Waals surface area contributed by atoms with Crippen molar-refractivity contribution >= 4 is 120 Å². The smallest absolute Gasteiger partial charge is 0.0468 e. The molecule has 0 unspecified atom stereocenters. The van der Waals surface area contributed by atoms with Crippen LogP contribution in [0.25, 0.3) is 108 Å². The van der Waals surface area contributed by atoms with E-state index in [1.54, 1.807) is 0 Å². The minimum Gasteiger partial charge on any atom is -0.310 e. The number of hydrogen-bond donors (Lipinski definition) is 0. The lowest BCUT2D eigenvalue weighted by molar-refractivity contribution is 1.29. The predicted molar refractivity (Wildman–Crippen MR) is 327 cm³/mol. The van der Waals surface area contributed by atoms with Gasteiger partial charge in [0.2, 0.25) is 0 Å². The fraction of sp³-hybridized carbons (Fsp3) is 0. The van der Waals surface area contributed by atoms with E-state index in [2.05, 4.69) is 301 Å². The summed E-state index contributed by atoms with van der Waals surface area (Å²) in [6.07, 6.45) is 0. The first-order chi connectivity index (χ1) is 37.7. The van der Waals surface area contributed by atoms with E-state index in [0.29, 0.717) is 0 Å². The van der Waals surface area contributed by atoms with E-state index < -0.39 is 0 Å². The minimum absolute atomic E-state index is 1.10. The van der Waals surface area contributed by atoms with Gasteiger partial charge < -0.3 is 9.80 Å². The van der Waals surface area contributed by atoms with Gasteiger partial charge in [0, 0.05) is 34.1 Å². The molecule has 2 nitrogen and oxygen atoms in total. The van der Waals surface area contributed by atoms with Crippen LogP contribution in [0.5, 0.6) is 0 Å². The van der Waals surface area contributed by atoms with Gasteiger partial charge in [-0.1, -0.05) is 206 Å². The molecule has 0 bridgehead atoms. The Balaban J connectivity index is 1.12. The second-order valence-electron chi connectivity index (χ2n) is 19.9. The van der Waals surface area contributed by atoms with Crippen molar-refractivity contribution in [3.8, 4) is 22.3 Å². The first-order valence-corrected chi connectivity index (χ1v) is 26.2. The molecule has 76 heavy (non-hydrogen) atoms. The molecule has 0 aliphatic heterocycles. The van der Waals surface area contributed by atoms with Crippen LogP contribution in [0.15, 0.2) is 291 Å². The molecule has 0 spiro atoms. The van der Waals surface area contributed by atoms with Gasteiger partial charge in [-0.15, -0.1) is 0 Å². The summed E-state index contributed by atoms with van der Waals surface area (Å²) >= 11 is 0. The molecule has 0 heterocycles. The lowest BCUT2D eigenvalue weighted by atomic mass is 9.79. The fourth-order valence-corrected chi connectivity index (χ4v) is 12.4. The van der Waals surface area contributed by atoms with Crippen molar-refractivity contribution in [3.05, 3.63) is 291 Å². The van der Waals surface area contributed by atoms with E-state index in [1.807, 2.05) is 0 Å². The normalized spacial score (nSPS) is 11.7. The maximum absolute atomic E-state index is 2.46. The van der Waals surface area contributed by atoms with Crippen LogP contribution in [-0.2, 0) is 0 Å². The Morgan fingerprint density at radius 3 is 0.829 bits per heavy atom. The van der Waals surface area contributed by atoms with Gasteiger partial charge in [-0.25, -0.2) is 0 Å². The Bertz CT molecular complexity index is 4360. The predicted octanol–water partition coefficient (Wildman–Crippen LogP) is 21.2. The van der Waals surface area contributed by atoms with Crippen LogP contribution in [0, 0.1) is 0 Å². The molecule has 354 valence electrons. The zero-order chi connectivity index (χ0) is 50.1. The molecule has 15 aromatic carbocycles. The second kappa shape index (κ2) is 17.9. The Labute approximate surface area is 441 Å². The highest BCUT2D eigenvalue weighted by molar-refractivity contribution is 6.36. The largest absolute Gasteiger partial charge is 0.310 e. The van der Waals surface area contributed by atoms with E-state index in [1.165, 1.54) is 108 Å². The molecule has 0 aliphatic carbocycles. The summed E-state index contributed by atoms with van der Waals surface area (Å²) < 4.78 is 0. The highest BCUT2D eigenvalue weighted by Crippen LogP contribution is 2.53. The molecule has 0 radical (unpaired) electrons. The number of anilines is 6. The summed E-state index contributed by atoms with van der Waals surface area (Å²) in [5.74, 6) is 0. The lowest BCUT2D eigenvalue weighted by Gasteiger charge is -2.27. The first-order valence-electron chi connectivity index (χ1n) is 26.2. The summed E-state index contributed by atoms with van der Waals surface area (Å²) in [4.78, 5) is 4.73. The molecule has 0 saturated heterocycles. The van der Waals surface area contributed by atoms with E-state index in [-0.39, 0.29) is 0 Å². The maximum Gasteiger partial charge on any atom is 0.0468 e. The summed E-state index contributed by atoms with van der Waals surface area (Å²) in [6, 6.07) is 107. The Hall–Kier alpha value is -10.0. The van der Waals surface area contributed by atoms with E-state index in [9.17, 15) is 0 Å². The topological polar surface area (TPSA) is 6.48 Å². The molecule has 0 N–H and O–H groups in total. The molecule has 15 aromatic rings. The second-order valence-corrected chi connectivity index (χ2v) is 19.9. The van der Waals surface area contributed by atoms with Crippen molar-refractivity contribution < 1.29 is 0 Å². The van der Waals surface area contributed by atoms with Gasteiger partial charge in [-0.2, -0.15) is 0 Å². The molecule has 0 aromatic heterocycles. The molecule has 15 rings (SSSR count). The summed E-state index contributed by atoms with van der Waals surface area (Å²) in [6.45, 7) is 0. The molecule has 0 amide bonds. The molecule has 0 fully saturated rings. The van der Waals surface area contributed by atoms with Gasteiger partial charge in [0.1, 0.15) is 0 Å². The highest BCUT2D eigenvalue weighted by atomic mass is 15.1. The van der Waals surface area contributed by atoms with E-state index >= 15 is 0 Å². The number of para-hydroxylation sites is 4. The Morgan fingerprint density at radius 1 is 0.171 bits per heavy atom. The third-order valence-electron chi connectivity index (χ3n) is 15.7. The quantitative estimate of drug-likeness (QED) is 0.111. The average molecular weight is 965 g/mol. The van der Waals surface area contributed by atoms with Crippen molar-refractivity contribution in [1.29, 1.82) is 0 Å².